The number of aliphatic hydroxyl groups is 1. The summed E-state index contributed by atoms with van der Waals surface area (Å²) in [5.74, 6) is -0.0970. The largest absolute Gasteiger partial charge is 0.453 e. The normalized spacial score (nSPS) is 12.9. The highest BCUT2D eigenvalue weighted by atomic mass is 16.4. The standard InChI is InChI=1S/C13H14O3/c1-2-5-10(14)13(15)12-8-9-6-3-4-7-11(9)16-12/h3-4,6-8,10,14H,2,5H2,1H3. The lowest BCUT2D eigenvalue weighted by Gasteiger charge is -2.04. The Kier molecular flexibility index (Phi) is 3.06. The number of benzene rings is 1. The van der Waals surface area contributed by atoms with Gasteiger partial charge in [0.25, 0.3) is 0 Å². The molecule has 3 heteroatoms. The summed E-state index contributed by atoms with van der Waals surface area (Å²) in [6.07, 6.45) is 0.286. The van der Waals surface area contributed by atoms with E-state index in [4.69, 9.17) is 4.42 Å². The molecule has 3 nitrogen and oxygen atoms in total. The highest BCUT2D eigenvalue weighted by Crippen LogP contribution is 2.20. The average Bonchev–Trinajstić information content (AvgIpc) is 2.71. The number of aliphatic hydroxyl groups excluding tert-OH is 1. The van der Waals surface area contributed by atoms with Gasteiger partial charge in [0.1, 0.15) is 11.7 Å². The third-order valence-electron chi connectivity index (χ3n) is 2.53. The van der Waals surface area contributed by atoms with Crippen LogP contribution < -0.4 is 0 Å². The minimum Gasteiger partial charge on any atom is -0.453 e. The second-order valence-corrected chi connectivity index (χ2v) is 3.82. The summed E-state index contributed by atoms with van der Waals surface area (Å²) in [4.78, 5) is 11.8. The van der Waals surface area contributed by atoms with Crippen LogP contribution in [0, 0.1) is 0 Å². The van der Waals surface area contributed by atoms with Gasteiger partial charge in [-0.1, -0.05) is 31.5 Å². The van der Waals surface area contributed by atoms with Crippen molar-refractivity contribution >= 4 is 16.8 Å². The molecule has 2 rings (SSSR count). The molecule has 2 aromatic rings. The molecular weight excluding hydrogens is 204 g/mol. The summed E-state index contributed by atoms with van der Waals surface area (Å²) in [6.45, 7) is 1.93. The summed E-state index contributed by atoms with van der Waals surface area (Å²) in [5, 5.41) is 10.5. The zero-order valence-corrected chi connectivity index (χ0v) is 9.14. The van der Waals surface area contributed by atoms with Crippen LogP contribution in [0.2, 0.25) is 0 Å². The Morgan fingerprint density at radius 2 is 2.19 bits per heavy atom. The summed E-state index contributed by atoms with van der Waals surface area (Å²) in [5.41, 5.74) is 0.676. The number of hydrogen-bond acceptors (Lipinski definition) is 3. The first-order valence-electron chi connectivity index (χ1n) is 5.43. The zero-order chi connectivity index (χ0) is 11.5. The van der Waals surface area contributed by atoms with Gasteiger partial charge in [-0.2, -0.15) is 0 Å². The van der Waals surface area contributed by atoms with Crippen LogP contribution in [-0.4, -0.2) is 17.0 Å². The van der Waals surface area contributed by atoms with E-state index in [0.29, 0.717) is 12.0 Å². The van der Waals surface area contributed by atoms with Crippen molar-refractivity contribution in [2.75, 3.05) is 0 Å². The van der Waals surface area contributed by atoms with Crippen LogP contribution in [0.5, 0.6) is 0 Å². The van der Waals surface area contributed by atoms with Crippen LogP contribution in [0.25, 0.3) is 11.0 Å². The van der Waals surface area contributed by atoms with E-state index < -0.39 is 6.10 Å². The third kappa shape index (κ3) is 1.99. The van der Waals surface area contributed by atoms with Gasteiger partial charge in [0.05, 0.1) is 0 Å². The van der Waals surface area contributed by atoms with Crippen molar-refractivity contribution in [2.45, 2.75) is 25.9 Å². The van der Waals surface area contributed by atoms with E-state index in [1.54, 1.807) is 12.1 Å². The molecule has 0 saturated heterocycles. The lowest BCUT2D eigenvalue weighted by Crippen LogP contribution is -2.19. The highest BCUT2D eigenvalue weighted by molar-refractivity contribution is 6.00. The van der Waals surface area contributed by atoms with Crippen LogP contribution >= 0.6 is 0 Å². The van der Waals surface area contributed by atoms with E-state index in [1.807, 2.05) is 25.1 Å². The molecule has 1 atom stereocenters. The number of furan rings is 1. The first kappa shape index (κ1) is 10.9. The van der Waals surface area contributed by atoms with Crippen molar-refractivity contribution in [1.82, 2.24) is 0 Å². The minimum atomic E-state index is -0.953. The SMILES string of the molecule is CCCC(O)C(=O)c1cc2ccccc2o1. The van der Waals surface area contributed by atoms with Gasteiger partial charge in [0.2, 0.25) is 5.78 Å². The third-order valence-corrected chi connectivity index (χ3v) is 2.53. The Bertz CT molecular complexity index is 466. The number of para-hydroxylation sites is 1. The molecule has 0 amide bonds. The zero-order valence-electron chi connectivity index (χ0n) is 9.14. The highest BCUT2D eigenvalue weighted by Gasteiger charge is 2.19. The molecule has 16 heavy (non-hydrogen) atoms. The number of Topliss-reactive ketones (excluding diaryl/α,β-unsaturated/α-hetero) is 1. The van der Waals surface area contributed by atoms with Gasteiger partial charge in [0.15, 0.2) is 5.76 Å². The average molecular weight is 218 g/mol. The molecule has 0 spiro atoms. The Morgan fingerprint density at radius 1 is 1.44 bits per heavy atom. The molecule has 1 heterocycles. The second-order valence-electron chi connectivity index (χ2n) is 3.82. The van der Waals surface area contributed by atoms with Gasteiger partial charge >= 0.3 is 0 Å². The molecule has 84 valence electrons. The van der Waals surface area contributed by atoms with E-state index in [-0.39, 0.29) is 11.5 Å². The van der Waals surface area contributed by atoms with Crippen molar-refractivity contribution in [3.8, 4) is 0 Å². The summed E-state index contributed by atoms with van der Waals surface area (Å²) < 4.78 is 5.39. The topological polar surface area (TPSA) is 50.4 Å². The number of fused-ring (bicyclic) bond motifs is 1. The molecule has 1 aromatic carbocycles. The monoisotopic (exact) mass is 218 g/mol. The Balaban J connectivity index is 2.29. The fraction of sp³-hybridized carbons (Fsp3) is 0.308. The Labute approximate surface area is 93.7 Å². The van der Waals surface area contributed by atoms with Gasteiger partial charge in [-0.25, -0.2) is 0 Å². The van der Waals surface area contributed by atoms with E-state index in [9.17, 15) is 9.90 Å². The van der Waals surface area contributed by atoms with Crippen molar-refractivity contribution in [3.05, 3.63) is 36.1 Å². The number of hydrogen-bond donors (Lipinski definition) is 1. The van der Waals surface area contributed by atoms with Crippen molar-refractivity contribution in [3.63, 3.8) is 0 Å². The molecule has 0 bridgehead atoms. The molecule has 0 saturated carbocycles. The molecule has 0 aliphatic heterocycles. The van der Waals surface area contributed by atoms with Crippen LogP contribution in [0.4, 0.5) is 0 Å². The molecule has 0 fully saturated rings. The van der Waals surface area contributed by atoms with E-state index in [1.165, 1.54) is 0 Å². The molecule has 0 aliphatic carbocycles. The van der Waals surface area contributed by atoms with Gasteiger partial charge in [-0.3, -0.25) is 4.79 Å². The van der Waals surface area contributed by atoms with Crippen LogP contribution in [-0.2, 0) is 0 Å². The minimum absolute atomic E-state index is 0.238. The molecular formula is C13H14O3. The summed E-state index contributed by atoms with van der Waals surface area (Å²) in [7, 11) is 0. The van der Waals surface area contributed by atoms with Crippen LogP contribution in [0.3, 0.4) is 0 Å². The summed E-state index contributed by atoms with van der Waals surface area (Å²) >= 11 is 0. The maximum atomic E-state index is 11.8. The van der Waals surface area contributed by atoms with Gasteiger partial charge in [0, 0.05) is 5.39 Å². The second kappa shape index (κ2) is 4.49. The van der Waals surface area contributed by atoms with Gasteiger partial charge < -0.3 is 9.52 Å². The Hall–Kier alpha value is -1.61. The first-order chi connectivity index (χ1) is 7.72. The smallest absolute Gasteiger partial charge is 0.226 e. The predicted octanol–water partition coefficient (Wildman–Crippen LogP) is 2.78. The number of rotatable bonds is 4. The number of ketones is 1. The van der Waals surface area contributed by atoms with Crippen LogP contribution in [0.1, 0.15) is 30.3 Å². The maximum Gasteiger partial charge on any atom is 0.226 e. The van der Waals surface area contributed by atoms with Crippen LogP contribution in [0.15, 0.2) is 34.7 Å². The van der Waals surface area contributed by atoms with E-state index in [0.717, 1.165) is 11.8 Å². The Morgan fingerprint density at radius 3 is 2.88 bits per heavy atom. The lowest BCUT2D eigenvalue weighted by atomic mass is 10.1. The van der Waals surface area contributed by atoms with Gasteiger partial charge in [-0.15, -0.1) is 0 Å². The number of carbonyl (C=O) groups excluding carboxylic acids is 1. The quantitative estimate of drug-likeness (QED) is 0.803. The van der Waals surface area contributed by atoms with Crippen molar-refractivity contribution in [1.29, 1.82) is 0 Å². The fourth-order valence-electron chi connectivity index (χ4n) is 1.67. The lowest BCUT2D eigenvalue weighted by molar-refractivity contribution is 0.0702. The van der Waals surface area contributed by atoms with Crippen molar-refractivity contribution < 1.29 is 14.3 Å². The molecule has 1 aromatic heterocycles. The molecule has 0 radical (unpaired) electrons. The summed E-state index contributed by atoms with van der Waals surface area (Å²) in [6, 6.07) is 9.09. The van der Waals surface area contributed by atoms with Gasteiger partial charge in [-0.05, 0) is 18.6 Å². The molecule has 0 aliphatic rings. The number of carbonyl (C=O) groups is 1. The predicted molar refractivity (Wildman–Crippen MR) is 61.5 cm³/mol. The molecule has 1 N–H and O–H groups in total. The van der Waals surface area contributed by atoms with Crippen molar-refractivity contribution in [2.24, 2.45) is 0 Å². The van der Waals surface area contributed by atoms with E-state index >= 15 is 0 Å². The molecule has 1 unspecified atom stereocenters. The van der Waals surface area contributed by atoms with E-state index in [2.05, 4.69) is 0 Å². The first-order valence-corrected chi connectivity index (χ1v) is 5.43. The maximum absolute atomic E-state index is 11.8. The fourth-order valence-corrected chi connectivity index (χ4v) is 1.67.